The summed E-state index contributed by atoms with van der Waals surface area (Å²) in [6.07, 6.45) is 6.40. The van der Waals surface area contributed by atoms with Gasteiger partial charge in [-0.15, -0.1) is 10.2 Å². The number of aromatic nitrogens is 4. The molecule has 1 amide bonds. The molecule has 2 N–H and O–H groups in total. The molecule has 21 heavy (non-hydrogen) atoms. The summed E-state index contributed by atoms with van der Waals surface area (Å²) < 4.78 is 2.12. The molecule has 0 aliphatic carbocycles. The average Bonchev–Trinajstić information content (AvgIpc) is 3.03. The molecular formula is C11H11N5O3S2. The second-order valence-corrected chi connectivity index (χ2v) is 6.03. The van der Waals surface area contributed by atoms with Crippen molar-refractivity contribution >= 4 is 46.2 Å². The van der Waals surface area contributed by atoms with E-state index >= 15 is 0 Å². The summed E-state index contributed by atoms with van der Waals surface area (Å²) in [6.45, 7) is 0. The Morgan fingerprint density at radius 2 is 2.33 bits per heavy atom. The van der Waals surface area contributed by atoms with E-state index in [0.717, 1.165) is 28.7 Å². The van der Waals surface area contributed by atoms with Crippen LogP contribution < -0.4 is 5.32 Å². The first kappa shape index (κ1) is 15.2. The molecule has 0 bridgehead atoms. The number of nitrogens with zero attached hydrogens (tertiary/aromatic N) is 4. The molecule has 0 aromatic carbocycles. The van der Waals surface area contributed by atoms with Crippen LogP contribution >= 0.6 is 23.1 Å². The quantitative estimate of drug-likeness (QED) is 0.465. The second kappa shape index (κ2) is 6.99. The molecule has 8 nitrogen and oxygen atoms in total. The predicted molar refractivity (Wildman–Crippen MR) is 79.1 cm³/mol. The van der Waals surface area contributed by atoms with Gasteiger partial charge in [-0.05, 0) is 6.08 Å². The minimum absolute atomic E-state index is 0.0938. The van der Waals surface area contributed by atoms with Gasteiger partial charge in [-0.1, -0.05) is 23.1 Å². The van der Waals surface area contributed by atoms with E-state index in [1.807, 2.05) is 0 Å². The van der Waals surface area contributed by atoms with Crippen LogP contribution in [0.4, 0.5) is 5.13 Å². The summed E-state index contributed by atoms with van der Waals surface area (Å²) in [6, 6.07) is 0. The van der Waals surface area contributed by atoms with Gasteiger partial charge in [0.25, 0.3) is 0 Å². The number of rotatable bonds is 6. The van der Waals surface area contributed by atoms with Crippen LogP contribution in [0.1, 0.15) is 5.56 Å². The standard InChI is InChI=1S/C11H11N5O3S2/c1-16-5-7(4-12-16)2-3-8(17)13-10-14-15-11(21-10)20-6-9(18)19/h2-5H,6H2,1H3,(H,18,19)(H,13,14,17)/b3-2+. The molecule has 110 valence electrons. The van der Waals surface area contributed by atoms with Gasteiger partial charge in [0.05, 0.1) is 11.9 Å². The van der Waals surface area contributed by atoms with Crippen molar-refractivity contribution in [2.75, 3.05) is 11.1 Å². The Kier molecular flexibility index (Phi) is 5.06. The summed E-state index contributed by atoms with van der Waals surface area (Å²) in [7, 11) is 1.79. The number of hydrogen-bond acceptors (Lipinski definition) is 7. The lowest BCUT2D eigenvalue weighted by atomic mass is 10.3. The first-order valence-electron chi connectivity index (χ1n) is 5.69. The number of nitrogens with one attached hydrogen (secondary N) is 1. The summed E-state index contributed by atoms with van der Waals surface area (Å²) in [5, 5.41) is 23.0. The maximum absolute atomic E-state index is 11.7. The molecular weight excluding hydrogens is 314 g/mol. The largest absolute Gasteiger partial charge is 0.481 e. The summed E-state index contributed by atoms with van der Waals surface area (Å²) in [4.78, 5) is 22.1. The minimum Gasteiger partial charge on any atom is -0.481 e. The fourth-order valence-corrected chi connectivity index (χ4v) is 2.76. The fourth-order valence-electron chi connectivity index (χ4n) is 1.29. The molecule has 2 rings (SSSR count). The molecule has 2 aromatic heterocycles. The van der Waals surface area contributed by atoms with Crippen LogP contribution in [-0.4, -0.2) is 42.7 Å². The van der Waals surface area contributed by atoms with Crippen molar-refractivity contribution in [2.24, 2.45) is 7.05 Å². The third-order valence-corrected chi connectivity index (χ3v) is 4.06. The van der Waals surface area contributed by atoms with Crippen molar-refractivity contribution in [1.82, 2.24) is 20.0 Å². The van der Waals surface area contributed by atoms with Gasteiger partial charge >= 0.3 is 5.97 Å². The maximum Gasteiger partial charge on any atom is 0.313 e. The highest BCUT2D eigenvalue weighted by atomic mass is 32.2. The molecule has 2 heterocycles. The number of thioether (sulfide) groups is 1. The first-order chi connectivity index (χ1) is 10.0. The number of carboxylic acids is 1. The Morgan fingerprint density at radius 1 is 1.52 bits per heavy atom. The van der Waals surface area contributed by atoms with Crippen molar-refractivity contribution in [3.8, 4) is 0 Å². The second-order valence-electron chi connectivity index (χ2n) is 3.83. The van der Waals surface area contributed by atoms with Crippen molar-refractivity contribution in [2.45, 2.75) is 4.34 Å². The zero-order valence-corrected chi connectivity index (χ0v) is 12.5. The molecule has 10 heteroatoms. The van der Waals surface area contributed by atoms with E-state index in [1.165, 1.54) is 6.08 Å². The van der Waals surface area contributed by atoms with Crippen molar-refractivity contribution in [1.29, 1.82) is 0 Å². The SMILES string of the molecule is Cn1cc(/C=C/C(=O)Nc2nnc(SCC(=O)O)s2)cn1. The monoisotopic (exact) mass is 325 g/mol. The van der Waals surface area contributed by atoms with Gasteiger partial charge in [0, 0.05) is 24.9 Å². The minimum atomic E-state index is -0.930. The number of anilines is 1. The number of hydrogen-bond donors (Lipinski definition) is 2. The molecule has 0 fully saturated rings. The lowest BCUT2D eigenvalue weighted by Gasteiger charge is -1.93. The van der Waals surface area contributed by atoms with E-state index in [9.17, 15) is 9.59 Å². The van der Waals surface area contributed by atoms with Crippen LogP contribution in [0, 0.1) is 0 Å². The van der Waals surface area contributed by atoms with Crippen LogP contribution in [-0.2, 0) is 16.6 Å². The summed E-state index contributed by atoms with van der Waals surface area (Å²) in [5.74, 6) is -1.37. The van der Waals surface area contributed by atoms with Gasteiger partial charge < -0.3 is 5.11 Å². The Morgan fingerprint density at radius 3 is 3.00 bits per heavy atom. The molecule has 0 atom stereocenters. The zero-order valence-electron chi connectivity index (χ0n) is 10.9. The van der Waals surface area contributed by atoms with Crippen LogP contribution in [0.5, 0.6) is 0 Å². The van der Waals surface area contributed by atoms with Crippen molar-refractivity contribution < 1.29 is 14.7 Å². The highest BCUT2D eigenvalue weighted by molar-refractivity contribution is 8.01. The molecule has 0 spiro atoms. The third kappa shape index (κ3) is 5.00. The maximum atomic E-state index is 11.7. The van der Waals surface area contributed by atoms with Gasteiger partial charge in [-0.2, -0.15) is 5.10 Å². The van der Waals surface area contributed by atoms with E-state index < -0.39 is 5.97 Å². The third-order valence-electron chi connectivity index (χ3n) is 2.11. The first-order valence-corrected chi connectivity index (χ1v) is 7.49. The van der Waals surface area contributed by atoms with Gasteiger partial charge in [0.2, 0.25) is 11.0 Å². The van der Waals surface area contributed by atoms with E-state index in [2.05, 4.69) is 20.6 Å². The normalized spacial score (nSPS) is 10.9. The smallest absolute Gasteiger partial charge is 0.313 e. The van der Waals surface area contributed by atoms with Gasteiger partial charge in [0.1, 0.15) is 0 Å². The molecule has 2 aromatic rings. The topological polar surface area (TPSA) is 110 Å². The van der Waals surface area contributed by atoms with Gasteiger partial charge in [-0.25, -0.2) is 0 Å². The highest BCUT2D eigenvalue weighted by Crippen LogP contribution is 2.25. The molecule has 0 unspecified atom stereocenters. The van der Waals surface area contributed by atoms with Crippen LogP contribution in [0.2, 0.25) is 0 Å². The van der Waals surface area contributed by atoms with E-state index in [0.29, 0.717) is 9.47 Å². The summed E-state index contributed by atoms with van der Waals surface area (Å²) >= 11 is 2.18. The zero-order chi connectivity index (χ0) is 15.2. The summed E-state index contributed by atoms with van der Waals surface area (Å²) in [5.41, 5.74) is 0.808. The van der Waals surface area contributed by atoms with Gasteiger partial charge in [0.15, 0.2) is 4.34 Å². The number of aryl methyl sites for hydroxylation is 1. The van der Waals surface area contributed by atoms with E-state index in [1.54, 1.807) is 30.2 Å². The Bertz CT molecular complexity index is 679. The highest BCUT2D eigenvalue weighted by Gasteiger charge is 2.08. The number of aliphatic carboxylic acids is 1. The van der Waals surface area contributed by atoms with Gasteiger partial charge in [-0.3, -0.25) is 19.6 Å². The molecule has 0 saturated carbocycles. The van der Waals surface area contributed by atoms with Crippen molar-refractivity contribution in [3.05, 3.63) is 24.0 Å². The van der Waals surface area contributed by atoms with Crippen LogP contribution in [0.25, 0.3) is 6.08 Å². The Labute approximate surface area is 127 Å². The fraction of sp³-hybridized carbons (Fsp3) is 0.182. The lowest BCUT2D eigenvalue weighted by Crippen LogP contribution is -2.07. The average molecular weight is 325 g/mol. The van der Waals surface area contributed by atoms with Crippen LogP contribution in [0.3, 0.4) is 0 Å². The van der Waals surface area contributed by atoms with Crippen LogP contribution in [0.15, 0.2) is 22.8 Å². The van der Waals surface area contributed by atoms with Crippen molar-refractivity contribution in [3.63, 3.8) is 0 Å². The van der Waals surface area contributed by atoms with E-state index in [4.69, 9.17) is 5.11 Å². The lowest BCUT2D eigenvalue weighted by molar-refractivity contribution is -0.133. The molecule has 0 aliphatic heterocycles. The number of carbonyl (C=O) groups excluding carboxylic acids is 1. The number of carboxylic acid groups (broad SMARTS) is 1. The number of carbonyl (C=O) groups is 2. The number of amides is 1. The Balaban J connectivity index is 1.87. The predicted octanol–water partition coefficient (Wildman–Crippen LogP) is 1.10. The molecule has 0 aliphatic rings. The Hall–Kier alpha value is -2.20. The molecule has 0 radical (unpaired) electrons. The van der Waals surface area contributed by atoms with E-state index in [-0.39, 0.29) is 11.7 Å². The molecule has 0 saturated heterocycles.